The predicted molar refractivity (Wildman–Crippen MR) is 84.2 cm³/mol. The van der Waals surface area contributed by atoms with Crippen LogP contribution in [-0.4, -0.2) is 72.6 Å². The summed E-state index contributed by atoms with van der Waals surface area (Å²) in [5.74, 6) is 3.12. The molecule has 0 aliphatic carbocycles. The van der Waals surface area contributed by atoms with Crippen molar-refractivity contribution in [1.82, 2.24) is 9.80 Å². The first-order valence-corrected chi connectivity index (χ1v) is 9.02. The van der Waals surface area contributed by atoms with Crippen LogP contribution in [-0.2, 0) is 9.53 Å². The molecule has 0 spiro atoms. The maximum Gasteiger partial charge on any atom is 0.239 e. The lowest BCUT2D eigenvalue weighted by atomic mass is 10.2. The fraction of sp³-hybridized carbons (Fsp3) is 0.933. The number of nitrogens with zero attached hydrogens (tertiary/aromatic N) is 2. The standard InChI is InChI=1S/C15H28N2O2S/c1-13(2)12-19-9-6-16-5-3-4-14(16)15(18)17-7-10-20-11-8-17/h13-14H,3-12H2,1-2H3/t14-/m0/s1. The lowest BCUT2D eigenvalue weighted by molar-refractivity contribution is -0.135. The second-order valence-electron chi connectivity index (χ2n) is 6.10. The molecule has 1 atom stereocenters. The SMILES string of the molecule is CC(C)COCCN1CCC[C@H]1C(=O)N1CCSCC1. The van der Waals surface area contributed by atoms with Gasteiger partial charge in [-0.05, 0) is 25.3 Å². The summed E-state index contributed by atoms with van der Waals surface area (Å²) < 4.78 is 5.66. The fourth-order valence-corrected chi connectivity index (χ4v) is 3.77. The quantitative estimate of drug-likeness (QED) is 0.699. The largest absolute Gasteiger partial charge is 0.380 e. The predicted octanol–water partition coefficient (Wildman–Crippen LogP) is 1.70. The van der Waals surface area contributed by atoms with Gasteiger partial charge >= 0.3 is 0 Å². The van der Waals surface area contributed by atoms with E-state index in [0.717, 1.165) is 63.7 Å². The maximum absolute atomic E-state index is 12.6. The topological polar surface area (TPSA) is 32.8 Å². The Morgan fingerprint density at radius 1 is 1.30 bits per heavy atom. The molecule has 4 nitrogen and oxygen atoms in total. The smallest absolute Gasteiger partial charge is 0.239 e. The summed E-state index contributed by atoms with van der Waals surface area (Å²) in [5, 5.41) is 0. The van der Waals surface area contributed by atoms with Crippen LogP contribution in [0.25, 0.3) is 0 Å². The highest BCUT2D eigenvalue weighted by Crippen LogP contribution is 2.20. The number of rotatable bonds is 6. The van der Waals surface area contributed by atoms with Crippen LogP contribution < -0.4 is 0 Å². The number of carbonyl (C=O) groups excluding carboxylic acids is 1. The zero-order valence-corrected chi connectivity index (χ0v) is 13.7. The van der Waals surface area contributed by atoms with Crippen molar-refractivity contribution in [2.45, 2.75) is 32.7 Å². The summed E-state index contributed by atoms with van der Waals surface area (Å²) in [5.41, 5.74) is 0. The minimum atomic E-state index is 0.112. The molecular weight excluding hydrogens is 272 g/mol. The molecule has 0 radical (unpaired) electrons. The van der Waals surface area contributed by atoms with Crippen LogP contribution in [0.15, 0.2) is 0 Å². The van der Waals surface area contributed by atoms with Crippen molar-refractivity contribution in [3.05, 3.63) is 0 Å². The van der Waals surface area contributed by atoms with E-state index < -0.39 is 0 Å². The van der Waals surface area contributed by atoms with E-state index in [-0.39, 0.29) is 6.04 Å². The molecule has 0 unspecified atom stereocenters. The highest BCUT2D eigenvalue weighted by Gasteiger charge is 2.33. The Morgan fingerprint density at radius 3 is 2.75 bits per heavy atom. The van der Waals surface area contributed by atoms with Crippen LogP contribution in [0.1, 0.15) is 26.7 Å². The minimum Gasteiger partial charge on any atom is -0.380 e. The second kappa shape index (κ2) is 8.25. The summed E-state index contributed by atoms with van der Waals surface area (Å²) in [4.78, 5) is 17.0. The van der Waals surface area contributed by atoms with Crippen molar-refractivity contribution < 1.29 is 9.53 Å². The third-order valence-electron chi connectivity index (χ3n) is 3.95. The molecule has 0 bridgehead atoms. The van der Waals surface area contributed by atoms with E-state index in [2.05, 4.69) is 23.6 Å². The van der Waals surface area contributed by atoms with Gasteiger partial charge in [0.2, 0.25) is 5.91 Å². The molecule has 2 rings (SSSR count). The molecule has 2 fully saturated rings. The molecule has 2 heterocycles. The fourth-order valence-electron chi connectivity index (χ4n) is 2.87. The Bertz CT molecular complexity index is 306. The Morgan fingerprint density at radius 2 is 2.05 bits per heavy atom. The summed E-state index contributed by atoms with van der Waals surface area (Å²) in [6, 6.07) is 0.112. The van der Waals surface area contributed by atoms with Crippen molar-refractivity contribution in [2.75, 3.05) is 50.9 Å². The number of amides is 1. The van der Waals surface area contributed by atoms with Gasteiger partial charge in [-0.1, -0.05) is 13.8 Å². The van der Waals surface area contributed by atoms with Gasteiger partial charge in [0.25, 0.3) is 0 Å². The van der Waals surface area contributed by atoms with Gasteiger partial charge in [-0.15, -0.1) is 0 Å². The molecular formula is C15H28N2O2S. The molecule has 5 heteroatoms. The van der Waals surface area contributed by atoms with Crippen LogP contribution in [0.5, 0.6) is 0 Å². The number of likely N-dealkylation sites (tertiary alicyclic amines) is 1. The number of ether oxygens (including phenoxy) is 1. The van der Waals surface area contributed by atoms with E-state index in [1.54, 1.807) is 0 Å². The van der Waals surface area contributed by atoms with Crippen molar-refractivity contribution in [3.63, 3.8) is 0 Å². The Labute approximate surface area is 127 Å². The van der Waals surface area contributed by atoms with Crippen LogP contribution in [0.2, 0.25) is 0 Å². The van der Waals surface area contributed by atoms with Crippen molar-refractivity contribution in [2.24, 2.45) is 5.92 Å². The van der Waals surface area contributed by atoms with E-state index in [0.29, 0.717) is 11.8 Å². The Kier molecular flexibility index (Phi) is 6.65. The average Bonchev–Trinajstić information content (AvgIpc) is 2.92. The van der Waals surface area contributed by atoms with Gasteiger partial charge < -0.3 is 9.64 Å². The first-order chi connectivity index (χ1) is 9.68. The van der Waals surface area contributed by atoms with Crippen LogP contribution in [0.4, 0.5) is 0 Å². The number of carbonyl (C=O) groups is 1. The minimum absolute atomic E-state index is 0.112. The monoisotopic (exact) mass is 300 g/mol. The third-order valence-corrected chi connectivity index (χ3v) is 4.89. The second-order valence-corrected chi connectivity index (χ2v) is 7.33. The normalized spacial score (nSPS) is 24.6. The Hall–Kier alpha value is -0.260. The van der Waals surface area contributed by atoms with Crippen LogP contribution in [0, 0.1) is 5.92 Å². The van der Waals surface area contributed by atoms with Crippen molar-refractivity contribution in [3.8, 4) is 0 Å². The van der Waals surface area contributed by atoms with E-state index in [4.69, 9.17) is 4.74 Å². The molecule has 1 amide bonds. The molecule has 116 valence electrons. The van der Waals surface area contributed by atoms with E-state index in [9.17, 15) is 4.79 Å². The van der Waals surface area contributed by atoms with Crippen LogP contribution >= 0.6 is 11.8 Å². The first-order valence-electron chi connectivity index (χ1n) is 7.87. The number of hydrogen-bond donors (Lipinski definition) is 0. The molecule has 0 saturated carbocycles. The summed E-state index contributed by atoms with van der Waals surface area (Å²) >= 11 is 1.95. The van der Waals surface area contributed by atoms with Gasteiger partial charge in [0.05, 0.1) is 12.6 Å². The van der Waals surface area contributed by atoms with E-state index in [1.165, 1.54) is 0 Å². The molecule has 2 aliphatic rings. The zero-order valence-electron chi connectivity index (χ0n) is 12.8. The number of thioether (sulfide) groups is 1. The lowest BCUT2D eigenvalue weighted by Crippen LogP contribution is -2.49. The third kappa shape index (κ3) is 4.64. The van der Waals surface area contributed by atoms with E-state index in [1.807, 2.05) is 11.8 Å². The van der Waals surface area contributed by atoms with Gasteiger partial charge in [-0.25, -0.2) is 0 Å². The number of hydrogen-bond acceptors (Lipinski definition) is 4. The first kappa shape index (κ1) is 16.1. The molecule has 0 N–H and O–H groups in total. The maximum atomic E-state index is 12.6. The summed E-state index contributed by atoms with van der Waals surface area (Å²) in [6.07, 6.45) is 2.16. The summed E-state index contributed by atoms with van der Waals surface area (Å²) in [7, 11) is 0. The molecule has 0 aromatic heterocycles. The highest BCUT2D eigenvalue weighted by molar-refractivity contribution is 7.99. The molecule has 0 aromatic rings. The van der Waals surface area contributed by atoms with Crippen molar-refractivity contribution in [1.29, 1.82) is 0 Å². The summed E-state index contributed by atoms with van der Waals surface area (Å²) in [6.45, 7) is 9.69. The lowest BCUT2D eigenvalue weighted by Gasteiger charge is -2.32. The van der Waals surface area contributed by atoms with Crippen molar-refractivity contribution >= 4 is 17.7 Å². The Balaban J connectivity index is 1.76. The van der Waals surface area contributed by atoms with Gasteiger partial charge in [-0.2, -0.15) is 11.8 Å². The van der Waals surface area contributed by atoms with Gasteiger partial charge in [0.15, 0.2) is 0 Å². The molecule has 20 heavy (non-hydrogen) atoms. The van der Waals surface area contributed by atoms with E-state index >= 15 is 0 Å². The molecule has 2 saturated heterocycles. The zero-order chi connectivity index (χ0) is 14.4. The van der Waals surface area contributed by atoms with Gasteiger partial charge in [0.1, 0.15) is 0 Å². The molecule has 0 aromatic carbocycles. The average molecular weight is 300 g/mol. The molecule has 2 aliphatic heterocycles. The van der Waals surface area contributed by atoms with Crippen LogP contribution in [0.3, 0.4) is 0 Å². The highest BCUT2D eigenvalue weighted by atomic mass is 32.2. The van der Waals surface area contributed by atoms with Gasteiger partial charge in [-0.3, -0.25) is 9.69 Å². The van der Waals surface area contributed by atoms with Gasteiger partial charge in [0, 0.05) is 37.7 Å².